The summed E-state index contributed by atoms with van der Waals surface area (Å²) in [6.45, 7) is 8.45. The van der Waals surface area contributed by atoms with Crippen molar-refractivity contribution in [1.29, 1.82) is 0 Å². The molecule has 2 atom stereocenters. The molecule has 0 amide bonds. The standard InChI is InChI=1S/C18H29NO2/c1-13(10-17(20)14-8-6-5-7-9-14)19-15-11-16(12-15)21-18(2,3)4/h5-9,13,15-17,19-20H,10-12H2,1-4H3. The molecule has 0 saturated heterocycles. The van der Waals surface area contributed by atoms with Crippen LogP contribution in [0.1, 0.15) is 58.6 Å². The van der Waals surface area contributed by atoms with Crippen LogP contribution in [0.5, 0.6) is 0 Å². The minimum Gasteiger partial charge on any atom is -0.388 e. The number of benzene rings is 1. The van der Waals surface area contributed by atoms with Gasteiger partial charge < -0.3 is 15.2 Å². The molecule has 0 aromatic heterocycles. The van der Waals surface area contributed by atoms with Gasteiger partial charge in [-0.1, -0.05) is 30.3 Å². The van der Waals surface area contributed by atoms with E-state index in [1.165, 1.54) is 0 Å². The minimum absolute atomic E-state index is 0.0508. The molecule has 0 radical (unpaired) electrons. The monoisotopic (exact) mass is 291 g/mol. The first-order valence-electron chi connectivity index (χ1n) is 8.00. The lowest BCUT2D eigenvalue weighted by atomic mass is 9.87. The van der Waals surface area contributed by atoms with Crippen molar-refractivity contribution in [3.8, 4) is 0 Å². The van der Waals surface area contributed by atoms with Crippen molar-refractivity contribution in [1.82, 2.24) is 5.32 Å². The molecule has 1 aromatic carbocycles. The van der Waals surface area contributed by atoms with Gasteiger partial charge in [0.1, 0.15) is 0 Å². The second-order valence-corrected chi connectivity index (χ2v) is 7.25. The number of aliphatic hydroxyl groups is 1. The van der Waals surface area contributed by atoms with Gasteiger partial charge in [0.2, 0.25) is 0 Å². The van der Waals surface area contributed by atoms with Gasteiger partial charge in [-0.25, -0.2) is 0 Å². The third-order valence-electron chi connectivity index (χ3n) is 3.90. The zero-order valence-electron chi connectivity index (χ0n) is 13.7. The van der Waals surface area contributed by atoms with Gasteiger partial charge in [-0.2, -0.15) is 0 Å². The van der Waals surface area contributed by atoms with E-state index in [1.54, 1.807) is 0 Å². The molecule has 2 unspecified atom stereocenters. The van der Waals surface area contributed by atoms with Gasteiger partial charge in [-0.3, -0.25) is 0 Å². The molecule has 2 N–H and O–H groups in total. The number of nitrogens with one attached hydrogen (secondary N) is 1. The van der Waals surface area contributed by atoms with E-state index in [0.717, 1.165) is 24.8 Å². The van der Waals surface area contributed by atoms with Crippen molar-refractivity contribution < 1.29 is 9.84 Å². The van der Waals surface area contributed by atoms with Crippen molar-refractivity contribution >= 4 is 0 Å². The lowest BCUT2D eigenvalue weighted by molar-refractivity contribution is -0.103. The highest BCUT2D eigenvalue weighted by Crippen LogP contribution is 2.28. The van der Waals surface area contributed by atoms with Gasteiger partial charge >= 0.3 is 0 Å². The molecule has 0 bridgehead atoms. The van der Waals surface area contributed by atoms with Gasteiger partial charge in [-0.05, 0) is 52.5 Å². The van der Waals surface area contributed by atoms with Crippen molar-refractivity contribution in [2.75, 3.05) is 0 Å². The van der Waals surface area contributed by atoms with Crippen LogP contribution in [0.25, 0.3) is 0 Å². The van der Waals surface area contributed by atoms with Crippen LogP contribution in [-0.2, 0) is 4.74 Å². The molecular formula is C18H29NO2. The predicted octanol–water partition coefficient (Wildman–Crippen LogP) is 3.43. The highest BCUT2D eigenvalue weighted by atomic mass is 16.5. The predicted molar refractivity (Wildman–Crippen MR) is 86.3 cm³/mol. The summed E-state index contributed by atoms with van der Waals surface area (Å²) in [7, 11) is 0. The molecule has 1 aromatic rings. The first-order valence-corrected chi connectivity index (χ1v) is 8.00. The van der Waals surface area contributed by atoms with Crippen molar-refractivity contribution in [2.45, 2.75) is 76.9 Å². The largest absolute Gasteiger partial charge is 0.388 e. The fraction of sp³-hybridized carbons (Fsp3) is 0.667. The van der Waals surface area contributed by atoms with E-state index >= 15 is 0 Å². The average molecular weight is 291 g/mol. The average Bonchev–Trinajstić information content (AvgIpc) is 2.35. The van der Waals surface area contributed by atoms with Crippen molar-refractivity contribution in [2.24, 2.45) is 0 Å². The Morgan fingerprint density at radius 3 is 2.43 bits per heavy atom. The van der Waals surface area contributed by atoms with Crippen LogP contribution < -0.4 is 5.32 Å². The Morgan fingerprint density at radius 1 is 1.24 bits per heavy atom. The Bertz CT molecular complexity index is 421. The first kappa shape index (κ1) is 16.5. The number of hydrogen-bond acceptors (Lipinski definition) is 3. The normalized spacial score (nSPS) is 25.2. The Kier molecular flexibility index (Phi) is 5.42. The molecule has 3 heteroatoms. The van der Waals surface area contributed by atoms with E-state index in [2.05, 4.69) is 33.0 Å². The number of aliphatic hydroxyl groups excluding tert-OH is 1. The van der Waals surface area contributed by atoms with E-state index in [9.17, 15) is 5.11 Å². The van der Waals surface area contributed by atoms with Crippen LogP contribution in [0, 0.1) is 0 Å². The number of ether oxygens (including phenoxy) is 1. The van der Waals surface area contributed by atoms with Crippen LogP contribution >= 0.6 is 0 Å². The van der Waals surface area contributed by atoms with E-state index < -0.39 is 6.10 Å². The summed E-state index contributed by atoms with van der Waals surface area (Å²) in [6, 6.07) is 10.7. The lowest BCUT2D eigenvalue weighted by Crippen LogP contribution is -2.50. The second-order valence-electron chi connectivity index (χ2n) is 7.25. The summed E-state index contributed by atoms with van der Waals surface area (Å²) >= 11 is 0. The van der Waals surface area contributed by atoms with E-state index in [0.29, 0.717) is 18.2 Å². The summed E-state index contributed by atoms with van der Waals surface area (Å²) in [5, 5.41) is 13.8. The molecule has 1 saturated carbocycles. The van der Waals surface area contributed by atoms with Gasteiger partial charge in [0.15, 0.2) is 0 Å². The molecule has 1 aliphatic rings. The van der Waals surface area contributed by atoms with Crippen LogP contribution in [0.2, 0.25) is 0 Å². The summed E-state index contributed by atoms with van der Waals surface area (Å²) < 4.78 is 5.95. The summed E-state index contributed by atoms with van der Waals surface area (Å²) in [5.41, 5.74) is 0.943. The topological polar surface area (TPSA) is 41.5 Å². The summed E-state index contributed by atoms with van der Waals surface area (Å²) in [4.78, 5) is 0. The third-order valence-corrected chi connectivity index (χ3v) is 3.90. The molecule has 3 nitrogen and oxygen atoms in total. The molecule has 0 heterocycles. The van der Waals surface area contributed by atoms with Crippen molar-refractivity contribution in [3.63, 3.8) is 0 Å². The maximum absolute atomic E-state index is 10.2. The molecule has 118 valence electrons. The van der Waals surface area contributed by atoms with Crippen LogP contribution in [0.3, 0.4) is 0 Å². The Morgan fingerprint density at radius 2 is 1.86 bits per heavy atom. The fourth-order valence-electron chi connectivity index (χ4n) is 2.91. The molecular weight excluding hydrogens is 262 g/mol. The summed E-state index contributed by atoms with van der Waals surface area (Å²) in [6.07, 6.45) is 2.88. The van der Waals surface area contributed by atoms with Gasteiger partial charge in [-0.15, -0.1) is 0 Å². The van der Waals surface area contributed by atoms with Crippen LogP contribution in [0.4, 0.5) is 0 Å². The number of rotatable bonds is 6. The molecule has 21 heavy (non-hydrogen) atoms. The SMILES string of the molecule is CC(CC(O)c1ccccc1)NC1CC(OC(C)(C)C)C1. The Hall–Kier alpha value is -0.900. The fourth-order valence-corrected chi connectivity index (χ4v) is 2.91. The Balaban J connectivity index is 1.68. The molecule has 1 aliphatic carbocycles. The van der Waals surface area contributed by atoms with Gasteiger partial charge in [0.25, 0.3) is 0 Å². The van der Waals surface area contributed by atoms with E-state index in [4.69, 9.17) is 4.74 Å². The maximum atomic E-state index is 10.2. The molecule has 0 aliphatic heterocycles. The highest BCUT2D eigenvalue weighted by molar-refractivity contribution is 5.17. The Labute approximate surface area is 128 Å². The maximum Gasteiger partial charge on any atom is 0.0804 e. The highest BCUT2D eigenvalue weighted by Gasteiger charge is 2.33. The van der Waals surface area contributed by atoms with E-state index in [-0.39, 0.29) is 5.60 Å². The quantitative estimate of drug-likeness (QED) is 0.843. The number of hydrogen-bond donors (Lipinski definition) is 2. The zero-order chi connectivity index (χ0) is 15.5. The van der Waals surface area contributed by atoms with Crippen LogP contribution in [-0.4, -0.2) is 28.9 Å². The summed E-state index contributed by atoms with van der Waals surface area (Å²) in [5.74, 6) is 0. The third kappa shape index (κ3) is 5.42. The van der Waals surface area contributed by atoms with Crippen LogP contribution in [0.15, 0.2) is 30.3 Å². The molecule has 2 rings (SSSR count). The van der Waals surface area contributed by atoms with E-state index in [1.807, 2.05) is 30.3 Å². The molecule has 1 fully saturated rings. The zero-order valence-corrected chi connectivity index (χ0v) is 13.7. The first-order chi connectivity index (χ1) is 9.83. The second kappa shape index (κ2) is 6.91. The smallest absolute Gasteiger partial charge is 0.0804 e. The van der Waals surface area contributed by atoms with Gasteiger partial charge in [0, 0.05) is 12.1 Å². The van der Waals surface area contributed by atoms with Gasteiger partial charge in [0.05, 0.1) is 17.8 Å². The minimum atomic E-state index is -0.393. The molecule has 0 spiro atoms. The van der Waals surface area contributed by atoms with Crippen molar-refractivity contribution in [3.05, 3.63) is 35.9 Å². The lowest BCUT2D eigenvalue weighted by Gasteiger charge is -2.41.